The molecule has 0 saturated heterocycles. The molecule has 4 nitrogen and oxygen atoms in total. The number of hydrogen-bond donors (Lipinski definition) is 2. The van der Waals surface area contributed by atoms with E-state index in [1.54, 1.807) is 6.92 Å². The number of aliphatic hydroxyl groups excluding tert-OH is 1. The van der Waals surface area contributed by atoms with E-state index in [0.29, 0.717) is 31.3 Å². The van der Waals surface area contributed by atoms with Gasteiger partial charge in [-0.05, 0) is 86.3 Å². The number of carbonyl (C=O) groups is 1. The second kappa shape index (κ2) is 5.73. The van der Waals surface area contributed by atoms with E-state index in [-0.39, 0.29) is 41.3 Å². The minimum atomic E-state index is -2.81. The summed E-state index contributed by atoms with van der Waals surface area (Å²) >= 11 is 0. The van der Waals surface area contributed by atoms with Crippen molar-refractivity contribution in [2.24, 2.45) is 34.5 Å². The molecule has 0 aromatic carbocycles. The highest BCUT2D eigenvalue weighted by molar-refractivity contribution is 5.89. The lowest BCUT2D eigenvalue weighted by atomic mass is 9.44. The molecule has 146 valence electrons. The predicted molar refractivity (Wildman–Crippen MR) is 99.4 cm³/mol. The van der Waals surface area contributed by atoms with Crippen LogP contribution in [0, 0.1) is 34.5 Å². The van der Waals surface area contributed by atoms with E-state index in [1.807, 2.05) is 0 Å². The van der Waals surface area contributed by atoms with E-state index >= 15 is 0 Å². The lowest BCUT2D eigenvalue weighted by Crippen LogP contribution is -2.55. The number of hydrogen-bond acceptors (Lipinski definition) is 4. The highest BCUT2D eigenvalue weighted by Crippen LogP contribution is 2.68. The van der Waals surface area contributed by atoms with E-state index in [4.69, 9.17) is 11.6 Å². The van der Waals surface area contributed by atoms with E-state index in [2.05, 4.69) is 6.92 Å². The standard InChI is InChI=1S/C22H34O4/c1-20-12-15(19(24)26-4)18(23)11-13(20)5-6-14-16(20)7-9-21(2)17(14)8-10-22(21,3)25/h13-14,16-17,23,25H,5-12H2,1-4H3/t13-,14+,16-,17-,20-,21-,22-/m0/s1/i3D3,10D2. The van der Waals surface area contributed by atoms with Gasteiger partial charge in [-0.1, -0.05) is 13.8 Å². The van der Waals surface area contributed by atoms with Crippen LogP contribution in [0.4, 0.5) is 0 Å². The maximum atomic E-state index is 12.3. The van der Waals surface area contributed by atoms with Gasteiger partial charge in [0.15, 0.2) is 0 Å². The minimum Gasteiger partial charge on any atom is -0.512 e. The Bertz CT molecular complexity index is 823. The maximum absolute atomic E-state index is 12.3. The largest absolute Gasteiger partial charge is 0.512 e. The topological polar surface area (TPSA) is 66.8 Å². The van der Waals surface area contributed by atoms with Crippen LogP contribution in [0.1, 0.15) is 78.9 Å². The SMILES string of the molecule is [2H]C([2H])([2H])[C@]1(O)C([2H])([2H])C[C@H]2[C@@H]3CC[C@H]4CC(O)=C(C(=O)OC)C[C@]4(C)[C@H]3CC[C@@]21C. The second-order valence-electron chi connectivity index (χ2n) is 9.50. The molecular formula is C22H34O4. The van der Waals surface area contributed by atoms with E-state index < -0.39 is 30.2 Å². The van der Waals surface area contributed by atoms with Crippen molar-refractivity contribution >= 4 is 5.97 Å². The zero-order chi connectivity index (χ0) is 23.2. The zero-order valence-corrected chi connectivity index (χ0v) is 16.0. The van der Waals surface area contributed by atoms with Gasteiger partial charge in [0.1, 0.15) is 5.76 Å². The van der Waals surface area contributed by atoms with Gasteiger partial charge in [0.05, 0.1) is 18.3 Å². The van der Waals surface area contributed by atoms with Crippen molar-refractivity contribution < 1.29 is 26.6 Å². The quantitative estimate of drug-likeness (QED) is 0.675. The number of methoxy groups -OCH3 is 1. The van der Waals surface area contributed by atoms with Gasteiger partial charge in [0.25, 0.3) is 0 Å². The van der Waals surface area contributed by atoms with Crippen LogP contribution in [0.25, 0.3) is 0 Å². The molecule has 4 heteroatoms. The summed E-state index contributed by atoms with van der Waals surface area (Å²) in [7, 11) is 1.31. The summed E-state index contributed by atoms with van der Waals surface area (Å²) in [6, 6.07) is 0. The normalized spacial score (nSPS) is 55.9. The number of allylic oxidation sites excluding steroid dienone is 1. The van der Waals surface area contributed by atoms with Crippen LogP contribution in [0.15, 0.2) is 11.3 Å². The molecule has 0 amide bonds. The Morgan fingerprint density at radius 2 is 2.04 bits per heavy atom. The molecule has 0 aromatic heterocycles. The van der Waals surface area contributed by atoms with Gasteiger partial charge in [-0.25, -0.2) is 4.79 Å². The summed E-state index contributed by atoms with van der Waals surface area (Å²) in [5.74, 6) is -0.176. The molecule has 0 bridgehead atoms. The third kappa shape index (κ3) is 2.26. The molecule has 0 heterocycles. The van der Waals surface area contributed by atoms with Gasteiger partial charge >= 0.3 is 5.97 Å². The minimum absolute atomic E-state index is 0.0330. The van der Waals surface area contributed by atoms with Crippen molar-refractivity contribution in [2.45, 2.75) is 77.6 Å². The van der Waals surface area contributed by atoms with Gasteiger partial charge in [-0.3, -0.25) is 0 Å². The fourth-order valence-electron chi connectivity index (χ4n) is 6.90. The number of carbonyl (C=O) groups excluding carboxylic acids is 1. The molecule has 2 N–H and O–H groups in total. The molecular weight excluding hydrogens is 328 g/mol. The molecule has 4 rings (SSSR count). The average Bonchev–Trinajstić information content (AvgIpc) is 2.84. The molecule has 0 unspecified atom stereocenters. The third-order valence-electron chi connectivity index (χ3n) is 8.64. The van der Waals surface area contributed by atoms with Crippen molar-refractivity contribution in [1.82, 2.24) is 0 Å². The summed E-state index contributed by atoms with van der Waals surface area (Å²) < 4.78 is 46.1. The zero-order valence-electron chi connectivity index (χ0n) is 21.0. The van der Waals surface area contributed by atoms with E-state index in [0.717, 1.165) is 12.8 Å². The Morgan fingerprint density at radius 3 is 2.73 bits per heavy atom. The highest BCUT2D eigenvalue weighted by Gasteiger charge is 2.63. The summed E-state index contributed by atoms with van der Waals surface area (Å²) in [6.07, 6.45) is 1.44. The first-order valence-electron chi connectivity index (χ1n) is 12.4. The summed E-state index contributed by atoms with van der Waals surface area (Å²) in [5, 5.41) is 21.9. The van der Waals surface area contributed by atoms with Crippen LogP contribution in [0.5, 0.6) is 0 Å². The number of esters is 1. The van der Waals surface area contributed by atoms with Crippen LogP contribution in [0.3, 0.4) is 0 Å². The monoisotopic (exact) mass is 367 g/mol. The van der Waals surface area contributed by atoms with Crippen molar-refractivity contribution in [3.05, 3.63) is 11.3 Å². The van der Waals surface area contributed by atoms with E-state index in [1.165, 1.54) is 7.11 Å². The third-order valence-corrected chi connectivity index (χ3v) is 8.64. The van der Waals surface area contributed by atoms with Crippen LogP contribution in [-0.2, 0) is 9.53 Å². The van der Waals surface area contributed by atoms with Gasteiger partial charge in [0, 0.05) is 13.3 Å². The van der Waals surface area contributed by atoms with Gasteiger partial charge in [-0.2, -0.15) is 0 Å². The molecule has 3 saturated carbocycles. The molecule has 0 spiro atoms. The molecule has 0 aromatic rings. The van der Waals surface area contributed by atoms with Crippen molar-refractivity contribution in [1.29, 1.82) is 0 Å². The van der Waals surface area contributed by atoms with Crippen LogP contribution in [-0.4, -0.2) is 28.9 Å². The Morgan fingerprint density at radius 1 is 1.27 bits per heavy atom. The molecule has 3 fully saturated rings. The smallest absolute Gasteiger partial charge is 0.337 e. The number of ether oxygens (including phenoxy) is 1. The first-order valence-corrected chi connectivity index (χ1v) is 9.86. The first kappa shape index (κ1) is 13.2. The molecule has 26 heavy (non-hydrogen) atoms. The number of fused-ring (bicyclic) bond motifs is 5. The average molecular weight is 368 g/mol. The van der Waals surface area contributed by atoms with E-state index in [9.17, 15) is 15.0 Å². The summed E-state index contributed by atoms with van der Waals surface area (Å²) in [5.41, 5.74) is -3.35. The Balaban J connectivity index is 1.73. The Hall–Kier alpha value is -1.03. The lowest BCUT2D eigenvalue weighted by Gasteiger charge is -2.60. The summed E-state index contributed by atoms with van der Waals surface area (Å²) in [4.78, 5) is 12.3. The second-order valence-corrected chi connectivity index (χ2v) is 9.50. The fourth-order valence-corrected chi connectivity index (χ4v) is 6.90. The lowest BCUT2D eigenvalue weighted by molar-refractivity contribution is -0.146. The van der Waals surface area contributed by atoms with Crippen molar-refractivity contribution in [3.63, 3.8) is 0 Å². The van der Waals surface area contributed by atoms with Crippen molar-refractivity contribution in [3.8, 4) is 0 Å². The van der Waals surface area contributed by atoms with Gasteiger partial charge in [-0.15, -0.1) is 0 Å². The molecule has 7 atom stereocenters. The molecule has 4 aliphatic carbocycles. The highest BCUT2D eigenvalue weighted by atomic mass is 16.5. The maximum Gasteiger partial charge on any atom is 0.337 e. The number of aliphatic hydroxyl groups is 2. The molecule has 0 aliphatic heterocycles. The number of rotatable bonds is 1. The van der Waals surface area contributed by atoms with Gasteiger partial charge < -0.3 is 14.9 Å². The predicted octanol–water partition coefficient (Wildman–Crippen LogP) is 4.38. The van der Waals surface area contributed by atoms with Gasteiger partial charge in [0.2, 0.25) is 0 Å². The molecule has 0 radical (unpaired) electrons. The van der Waals surface area contributed by atoms with Crippen molar-refractivity contribution in [2.75, 3.05) is 7.11 Å². The Kier molecular flexibility index (Phi) is 2.91. The van der Waals surface area contributed by atoms with Crippen LogP contribution < -0.4 is 0 Å². The van der Waals surface area contributed by atoms with Crippen LogP contribution >= 0.6 is 0 Å². The molecule has 4 aliphatic rings. The fraction of sp³-hybridized carbons (Fsp3) is 0.864. The first-order chi connectivity index (χ1) is 14.1. The van der Waals surface area contributed by atoms with Crippen LogP contribution in [0.2, 0.25) is 0 Å². The summed E-state index contributed by atoms with van der Waals surface area (Å²) in [6.45, 7) is 1.11. The Labute approximate surface area is 164 Å².